The Morgan fingerprint density at radius 3 is 2.11 bits per heavy atom. The van der Waals surface area contributed by atoms with Crippen molar-refractivity contribution < 1.29 is 9.84 Å². The third-order valence-electron chi connectivity index (χ3n) is 2.98. The zero-order valence-electron chi connectivity index (χ0n) is 11.1. The van der Waals surface area contributed by atoms with Gasteiger partial charge in [-0.05, 0) is 30.5 Å². The average Bonchev–Trinajstić information content (AvgIpc) is 2.42. The first-order valence-corrected chi connectivity index (χ1v) is 6.89. The highest BCUT2D eigenvalue weighted by Crippen LogP contribution is 2.13. The molecule has 1 rings (SSSR count). The SMILES string of the molecule is NCc1ccc(OCCCCCCCCO)cc1. The van der Waals surface area contributed by atoms with Gasteiger partial charge in [-0.1, -0.05) is 37.8 Å². The third-order valence-corrected chi connectivity index (χ3v) is 2.98. The molecule has 18 heavy (non-hydrogen) atoms. The van der Waals surface area contributed by atoms with Crippen LogP contribution in [0, 0.1) is 0 Å². The van der Waals surface area contributed by atoms with E-state index in [2.05, 4.69) is 0 Å². The lowest BCUT2D eigenvalue weighted by molar-refractivity contribution is 0.280. The number of rotatable bonds is 10. The summed E-state index contributed by atoms with van der Waals surface area (Å²) >= 11 is 0. The first-order chi connectivity index (χ1) is 8.86. The van der Waals surface area contributed by atoms with Gasteiger partial charge in [-0.3, -0.25) is 0 Å². The maximum Gasteiger partial charge on any atom is 0.119 e. The highest BCUT2D eigenvalue weighted by atomic mass is 16.5. The second-order valence-electron chi connectivity index (χ2n) is 4.54. The summed E-state index contributed by atoms with van der Waals surface area (Å²) in [5, 5.41) is 8.64. The van der Waals surface area contributed by atoms with E-state index in [0.29, 0.717) is 13.2 Å². The van der Waals surface area contributed by atoms with E-state index in [0.717, 1.165) is 37.2 Å². The fourth-order valence-corrected chi connectivity index (χ4v) is 1.83. The van der Waals surface area contributed by atoms with Crippen LogP contribution in [0.4, 0.5) is 0 Å². The van der Waals surface area contributed by atoms with Gasteiger partial charge in [0.1, 0.15) is 5.75 Å². The molecule has 0 aliphatic heterocycles. The van der Waals surface area contributed by atoms with Crippen molar-refractivity contribution in [2.24, 2.45) is 5.73 Å². The van der Waals surface area contributed by atoms with Gasteiger partial charge in [0, 0.05) is 13.2 Å². The van der Waals surface area contributed by atoms with Crippen molar-refractivity contribution in [3.8, 4) is 5.75 Å². The molecule has 0 aliphatic carbocycles. The molecule has 1 aromatic carbocycles. The topological polar surface area (TPSA) is 55.5 Å². The molecule has 0 atom stereocenters. The minimum atomic E-state index is 0.321. The molecule has 0 unspecified atom stereocenters. The quantitative estimate of drug-likeness (QED) is 0.629. The molecule has 0 bridgehead atoms. The zero-order chi connectivity index (χ0) is 13.1. The second-order valence-corrected chi connectivity index (χ2v) is 4.54. The van der Waals surface area contributed by atoms with Crippen LogP contribution in [0.1, 0.15) is 44.1 Å². The van der Waals surface area contributed by atoms with Crippen molar-refractivity contribution in [1.29, 1.82) is 0 Å². The summed E-state index contributed by atoms with van der Waals surface area (Å²) in [6, 6.07) is 7.96. The number of unbranched alkanes of at least 4 members (excludes halogenated alkanes) is 5. The summed E-state index contributed by atoms with van der Waals surface area (Å²) in [6.45, 7) is 1.68. The van der Waals surface area contributed by atoms with Crippen molar-refractivity contribution in [3.63, 3.8) is 0 Å². The molecule has 102 valence electrons. The van der Waals surface area contributed by atoms with Crippen LogP contribution in [-0.2, 0) is 6.54 Å². The van der Waals surface area contributed by atoms with Crippen molar-refractivity contribution in [1.82, 2.24) is 0 Å². The number of nitrogens with two attached hydrogens (primary N) is 1. The molecule has 1 aromatic rings. The molecule has 0 saturated carbocycles. The van der Waals surface area contributed by atoms with E-state index in [1.54, 1.807) is 0 Å². The highest BCUT2D eigenvalue weighted by Gasteiger charge is 1.95. The van der Waals surface area contributed by atoms with Gasteiger partial charge < -0.3 is 15.6 Å². The third kappa shape index (κ3) is 6.62. The van der Waals surface area contributed by atoms with Crippen molar-refractivity contribution in [3.05, 3.63) is 29.8 Å². The van der Waals surface area contributed by atoms with Crippen LogP contribution >= 0.6 is 0 Å². The fourth-order valence-electron chi connectivity index (χ4n) is 1.83. The Bertz CT molecular complexity index is 298. The molecule has 0 saturated heterocycles. The lowest BCUT2D eigenvalue weighted by Gasteiger charge is -2.06. The minimum Gasteiger partial charge on any atom is -0.494 e. The van der Waals surface area contributed by atoms with Gasteiger partial charge in [0.25, 0.3) is 0 Å². The second kappa shape index (κ2) is 9.92. The monoisotopic (exact) mass is 251 g/mol. The van der Waals surface area contributed by atoms with Gasteiger partial charge in [0.15, 0.2) is 0 Å². The first-order valence-electron chi connectivity index (χ1n) is 6.89. The van der Waals surface area contributed by atoms with Crippen LogP contribution in [0.3, 0.4) is 0 Å². The molecule has 0 aliphatic rings. The Morgan fingerprint density at radius 2 is 1.50 bits per heavy atom. The molecular weight excluding hydrogens is 226 g/mol. The average molecular weight is 251 g/mol. The molecule has 0 amide bonds. The smallest absolute Gasteiger partial charge is 0.119 e. The van der Waals surface area contributed by atoms with E-state index < -0.39 is 0 Å². The van der Waals surface area contributed by atoms with Crippen LogP contribution in [0.25, 0.3) is 0 Å². The van der Waals surface area contributed by atoms with E-state index >= 15 is 0 Å². The van der Waals surface area contributed by atoms with E-state index in [-0.39, 0.29) is 0 Å². The predicted octanol–water partition coefficient (Wildman–Crippen LogP) is 2.86. The standard InChI is InChI=1S/C15H25NO2/c16-13-14-7-9-15(10-8-14)18-12-6-4-2-1-3-5-11-17/h7-10,17H,1-6,11-13,16H2. The Morgan fingerprint density at radius 1 is 0.889 bits per heavy atom. The number of aliphatic hydroxyl groups is 1. The number of benzene rings is 1. The molecule has 0 heterocycles. The first kappa shape index (κ1) is 15.0. The van der Waals surface area contributed by atoms with Gasteiger partial charge >= 0.3 is 0 Å². The zero-order valence-corrected chi connectivity index (χ0v) is 11.1. The largest absolute Gasteiger partial charge is 0.494 e. The maximum atomic E-state index is 8.64. The maximum absolute atomic E-state index is 8.64. The lowest BCUT2D eigenvalue weighted by atomic mass is 10.1. The summed E-state index contributed by atoms with van der Waals surface area (Å²) in [6.07, 6.45) is 6.81. The van der Waals surface area contributed by atoms with Crippen LogP contribution in [0.15, 0.2) is 24.3 Å². The summed E-state index contributed by atoms with van der Waals surface area (Å²) in [5.74, 6) is 0.924. The molecular formula is C15H25NO2. The van der Waals surface area contributed by atoms with E-state index in [4.69, 9.17) is 15.6 Å². The van der Waals surface area contributed by atoms with E-state index in [1.807, 2.05) is 24.3 Å². The minimum absolute atomic E-state index is 0.321. The summed E-state index contributed by atoms with van der Waals surface area (Å²) in [4.78, 5) is 0. The van der Waals surface area contributed by atoms with Crippen molar-refractivity contribution >= 4 is 0 Å². The fraction of sp³-hybridized carbons (Fsp3) is 0.600. The van der Waals surface area contributed by atoms with E-state index in [1.165, 1.54) is 19.3 Å². The molecule has 3 nitrogen and oxygen atoms in total. The number of aliphatic hydroxyl groups excluding tert-OH is 1. The van der Waals surface area contributed by atoms with Crippen LogP contribution in [0.5, 0.6) is 5.75 Å². The number of hydrogen-bond donors (Lipinski definition) is 2. The molecule has 3 N–H and O–H groups in total. The van der Waals surface area contributed by atoms with Gasteiger partial charge in [0.2, 0.25) is 0 Å². The van der Waals surface area contributed by atoms with Crippen molar-refractivity contribution in [2.75, 3.05) is 13.2 Å². The lowest BCUT2D eigenvalue weighted by Crippen LogP contribution is -1.99. The van der Waals surface area contributed by atoms with Gasteiger partial charge in [-0.2, -0.15) is 0 Å². The number of ether oxygens (including phenoxy) is 1. The highest BCUT2D eigenvalue weighted by molar-refractivity contribution is 5.26. The Hall–Kier alpha value is -1.06. The Balaban J connectivity index is 2.00. The van der Waals surface area contributed by atoms with Crippen LogP contribution < -0.4 is 10.5 Å². The summed E-state index contributed by atoms with van der Waals surface area (Å²) in [5.41, 5.74) is 6.66. The van der Waals surface area contributed by atoms with E-state index in [9.17, 15) is 0 Å². The van der Waals surface area contributed by atoms with Gasteiger partial charge in [0.05, 0.1) is 6.61 Å². The molecule has 0 fully saturated rings. The normalized spacial score (nSPS) is 10.6. The molecule has 0 spiro atoms. The number of hydrogen-bond acceptors (Lipinski definition) is 3. The van der Waals surface area contributed by atoms with Gasteiger partial charge in [-0.25, -0.2) is 0 Å². The molecule has 0 aromatic heterocycles. The summed E-state index contributed by atoms with van der Waals surface area (Å²) < 4.78 is 5.65. The Labute approximate surface area is 110 Å². The Kier molecular flexibility index (Phi) is 8.26. The molecule has 0 radical (unpaired) electrons. The van der Waals surface area contributed by atoms with Crippen molar-refractivity contribution in [2.45, 2.75) is 45.1 Å². The van der Waals surface area contributed by atoms with Crippen LogP contribution in [-0.4, -0.2) is 18.3 Å². The van der Waals surface area contributed by atoms with Gasteiger partial charge in [-0.15, -0.1) is 0 Å². The summed E-state index contributed by atoms with van der Waals surface area (Å²) in [7, 11) is 0. The van der Waals surface area contributed by atoms with Crippen LogP contribution in [0.2, 0.25) is 0 Å². The predicted molar refractivity (Wildman–Crippen MR) is 74.6 cm³/mol. The molecule has 3 heteroatoms.